The number of ether oxygens (including phenoxy) is 1. The molecule has 2 aromatic rings. The SMILES string of the molecule is COCCc1ccccc1Nc1cc(Cl)ccc1C(N)=S. The molecule has 0 radical (unpaired) electrons. The van der Waals surface area contributed by atoms with Crippen LogP contribution < -0.4 is 11.1 Å². The van der Waals surface area contributed by atoms with Crippen LogP contribution in [-0.4, -0.2) is 18.7 Å². The van der Waals surface area contributed by atoms with Crippen LogP contribution in [0.25, 0.3) is 0 Å². The Morgan fingerprint density at radius 2 is 2.00 bits per heavy atom. The molecule has 3 N–H and O–H groups in total. The van der Waals surface area contributed by atoms with E-state index in [1.54, 1.807) is 13.2 Å². The van der Waals surface area contributed by atoms with Crippen LogP contribution >= 0.6 is 23.8 Å². The summed E-state index contributed by atoms with van der Waals surface area (Å²) in [6, 6.07) is 13.5. The lowest BCUT2D eigenvalue weighted by atomic mass is 10.1. The zero-order valence-electron chi connectivity index (χ0n) is 11.7. The van der Waals surface area contributed by atoms with Crippen molar-refractivity contribution in [2.75, 3.05) is 19.0 Å². The van der Waals surface area contributed by atoms with Crippen LogP contribution in [0.5, 0.6) is 0 Å². The van der Waals surface area contributed by atoms with Crippen molar-refractivity contribution in [2.24, 2.45) is 5.73 Å². The van der Waals surface area contributed by atoms with Crippen molar-refractivity contribution >= 4 is 40.2 Å². The van der Waals surface area contributed by atoms with Gasteiger partial charge in [0.2, 0.25) is 0 Å². The minimum Gasteiger partial charge on any atom is -0.389 e. The molecule has 0 saturated heterocycles. The van der Waals surface area contributed by atoms with Gasteiger partial charge in [-0.3, -0.25) is 0 Å². The van der Waals surface area contributed by atoms with Crippen molar-refractivity contribution in [1.82, 2.24) is 0 Å². The molecule has 0 unspecified atom stereocenters. The number of anilines is 2. The summed E-state index contributed by atoms with van der Waals surface area (Å²) >= 11 is 11.2. The summed E-state index contributed by atoms with van der Waals surface area (Å²) in [4.78, 5) is 0.337. The maximum atomic E-state index is 6.07. The molecule has 0 saturated carbocycles. The van der Waals surface area contributed by atoms with E-state index in [-0.39, 0.29) is 0 Å². The molecule has 0 atom stereocenters. The van der Waals surface area contributed by atoms with Crippen molar-refractivity contribution in [1.29, 1.82) is 0 Å². The highest BCUT2D eigenvalue weighted by molar-refractivity contribution is 7.80. The number of hydrogen-bond acceptors (Lipinski definition) is 3. The first kappa shape index (κ1) is 15.8. The van der Waals surface area contributed by atoms with Crippen LogP contribution in [0.3, 0.4) is 0 Å². The van der Waals surface area contributed by atoms with Gasteiger partial charge >= 0.3 is 0 Å². The quantitative estimate of drug-likeness (QED) is 0.792. The average Bonchev–Trinajstić information content (AvgIpc) is 2.46. The van der Waals surface area contributed by atoms with Crippen molar-refractivity contribution in [3.05, 3.63) is 58.6 Å². The summed E-state index contributed by atoms with van der Waals surface area (Å²) < 4.78 is 5.14. The van der Waals surface area contributed by atoms with E-state index in [0.29, 0.717) is 16.6 Å². The van der Waals surface area contributed by atoms with Crippen LogP contribution in [0.2, 0.25) is 5.02 Å². The van der Waals surface area contributed by atoms with Crippen LogP contribution in [0.4, 0.5) is 11.4 Å². The Bertz CT molecular complexity index is 646. The van der Waals surface area contributed by atoms with E-state index in [2.05, 4.69) is 11.4 Å². The standard InChI is InChI=1S/C16H17ClN2OS/c1-20-9-8-11-4-2-3-5-14(11)19-15-10-12(17)6-7-13(15)16(18)21/h2-7,10,19H,8-9H2,1H3,(H2,18,21). The second-order valence-electron chi connectivity index (χ2n) is 4.58. The van der Waals surface area contributed by atoms with Crippen molar-refractivity contribution in [3.8, 4) is 0 Å². The molecule has 0 fully saturated rings. The van der Waals surface area contributed by atoms with E-state index >= 15 is 0 Å². The van der Waals surface area contributed by atoms with Gasteiger partial charge in [0.15, 0.2) is 0 Å². The summed E-state index contributed by atoms with van der Waals surface area (Å²) in [5.41, 5.74) is 9.50. The summed E-state index contributed by atoms with van der Waals surface area (Å²) in [5, 5.41) is 4.00. The van der Waals surface area contributed by atoms with Crippen LogP contribution in [0, 0.1) is 0 Å². The number of nitrogens with one attached hydrogen (secondary N) is 1. The zero-order valence-corrected chi connectivity index (χ0v) is 13.3. The van der Waals surface area contributed by atoms with Gasteiger partial charge in [0.25, 0.3) is 0 Å². The molecular formula is C16H17ClN2OS. The van der Waals surface area contributed by atoms with Gasteiger partial charge in [0.1, 0.15) is 4.99 Å². The highest BCUT2D eigenvalue weighted by Gasteiger charge is 2.08. The fourth-order valence-electron chi connectivity index (χ4n) is 2.05. The highest BCUT2D eigenvalue weighted by atomic mass is 35.5. The zero-order chi connectivity index (χ0) is 15.2. The Hall–Kier alpha value is -1.62. The second kappa shape index (κ2) is 7.41. The Morgan fingerprint density at radius 1 is 1.24 bits per heavy atom. The predicted molar refractivity (Wildman–Crippen MR) is 92.6 cm³/mol. The van der Waals surface area contributed by atoms with Crippen LogP contribution in [-0.2, 0) is 11.2 Å². The number of halogens is 1. The fourth-order valence-corrected chi connectivity index (χ4v) is 2.40. The Balaban J connectivity index is 2.34. The van der Waals surface area contributed by atoms with E-state index in [1.807, 2.05) is 30.3 Å². The van der Waals surface area contributed by atoms with Crippen LogP contribution in [0.1, 0.15) is 11.1 Å². The monoisotopic (exact) mass is 320 g/mol. The van der Waals surface area contributed by atoms with Crippen molar-refractivity contribution in [2.45, 2.75) is 6.42 Å². The van der Waals surface area contributed by atoms with Crippen molar-refractivity contribution in [3.63, 3.8) is 0 Å². The van der Waals surface area contributed by atoms with Gasteiger partial charge in [-0.1, -0.05) is 42.0 Å². The second-order valence-corrected chi connectivity index (χ2v) is 5.46. The number of thiocarbonyl (C=S) groups is 1. The fraction of sp³-hybridized carbons (Fsp3) is 0.188. The number of para-hydroxylation sites is 1. The molecule has 2 aromatic carbocycles. The maximum Gasteiger partial charge on any atom is 0.106 e. The molecule has 0 bridgehead atoms. The lowest BCUT2D eigenvalue weighted by molar-refractivity contribution is 0.202. The van der Waals surface area contributed by atoms with Gasteiger partial charge in [-0.05, 0) is 36.2 Å². The molecule has 0 aliphatic carbocycles. The Kier molecular flexibility index (Phi) is 5.56. The largest absolute Gasteiger partial charge is 0.389 e. The van der Waals surface area contributed by atoms with Crippen LogP contribution in [0.15, 0.2) is 42.5 Å². The summed E-state index contributed by atoms with van der Waals surface area (Å²) in [6.07, 6.45) is 0.822. The van der Waals surface area contributed by atoms with E-state index in [9.17, 15) is 0 Å². The molecule has 110 valence electrons. The van der Waals surface area contributed by atoms with Gasteiger partial charge in [0, 0.05) is 23.4 Å². The Labute approximate surface area is 135 Å². The molecule has 0 aliphatic heterocycles. The van der Waals surface area contributed by atoms with Gasteiger partial charge < -0.3 is 15.8 Å². The van der Waals surface area contributed by atoms with Gasteiger partial charge in [0.05, 0.1) is 12.3 Å². The number of rotatable bonds is 6. The molecule has 2 rings (SSSR count). The third kappa shape index (κ3) is 4.17. The molecule has 0 aliphatic rings. The normalized spacial score (nSPS) is 10.4. The number of benzene rings is 2. The number of nitrogens with two attached hydrogens (primary N) is 1. The molecule has 0 spiro atoms. The molecule has 0 aromatic heterocycles. The molecule has 0 heterocycles. The van der Waals surface area contributed by atoms with Crippen molar-refractivity contribution < 1.29 is 4.74 Å². The topological polar surface area (TPSA) is 47.3 Å². The smallest absolute Gasteiger partial charge is 0.106 e. The average molecular weight is 321 g/mol. The van der Waals surface area contributed by atoms with Gasteiger partial charge in [-0.15, -0.1) is 0 Å². The van der Waals surface area contributed by atoms with E-state index < -0.39 is 0 Å². The predicted octanol–water partition coefficient (Wildman–Crippen LogP) is 3.91. The maximum absolute atomic E-state index is 6.07. The van der Waals surface area contributed by atoms with Gasteiger partial charge in [-0.25, -0.2) is 0 Å². The number of hydrogen-bond donors (Lipinski definition) is 2. The summed E-state index contributed by atoms with van der Waals surface area (Å²) in [6.45, 7) is 0.663. The molecular weight excluding hydrogens is 304 g/mol. The molecule has 5 heteroatoms. The molecule has 3 nitrogen and oxygen atoms in total. The van der Waals surface area contributed by atoms with E-state index in [4.69, 9.17) is 34.3 Å². The van der Waals surface area contributed by atoms with E-state index in [0.717, 1.165) is 28.9 Å². The lowest BCUT2D eigenvalue weighted by Crippen LogP contribution is -2.12. The Morgan fingerprint density at radius 3 is 2.71 bits per heavy atom. The first-order valence-corrected chi connectivity index (χ1v) is 7.33. The number of methoxy groups -OCH3 is 1. The highest BCUT2D eigenvalue weighted by Crippen LogP contribution is 2.27. The minimum atomic E-state index is 0.337. The lowest BCUT2D eigenvalue weighted by Gasteiger charge is -2.15. The molecule has 21 heavy (non-hydrogen) atoms. The third-order valence-electron chi connectivity index (χ3n) is 3.11. The summed E-state index contributed by atoms with van der Waals surface area (Å²) in [5.74, 6) is 0. The minimum absolute atomic E-state index is 0.337. The first-order chi connectivity index (χ1) is 10.1. The van der Waals surface area contributed by atoms with Gasteiger partial charge in [-0.2, -0.15) is 0 Å². The first-order valence-electron chi connectivity index (χ1n) is 6.55. The third-order valence-corrected chi connectivity index (χ3v) is 3.56. The summed E-state index contributed by atoms with van der Waals surface area (Å²) in [7, 11) is 1.69. The molecule has 0 amide bonds. The van der Waals surface area contributed by atoms with E-state index in [1.165, 1.54) is 0 Å².